The second-order valence-electron chi connectivity index (χ2n) is 5.29. The number of ether oxygens (including phenoxy) is 1. The highest BCUT2D eigenvalue weighted by molar-refractivity contribution is 5.32. The van der Waals surface area contributed by atoms with Crippen LogP contribution in [0.25, 0.3) is 0 Å². The quantitative estimate of drug-likeness (QED) is 0.799. The van der Waals surface area contributed by atoms with Gasteiger partial charge in [0.25, 0.3) is 0 Å². The van der Waals surface area contributed by atoms with E-state index in [0.29, 0.717) is 12.2 Å². The highest BCUT2D eigenvalue weighted by Crippen LogP contribution is 2.22. The van der Waals surface area contributed by atoms with Crippen LogP contribution >= 0.6 is 0 Å². The zero-order valence-electron chi connectivity index (χ0n) is 12.2. The number of aliphatic hydroxyl groups is 1. The van der Waals surface area contributed by atoms with Gasteiger partial charge in [-0.25, -0.2) is 4.39 Å². The van der Waals surface area contributed by atoms with Crippen molar-refractivity contribution in [1.82, 2.24) is 5.32 Å². The van der Waals surface area contributed by atoms with Crippen LogP contribution in [0.15, 0.2) is 18.2 Å². The molecule has 0 aromatic heterocycles. The summed E-state index contributed by atoms with van der Waals surface area (Å²) in [5.74, 6) is 0.258. The summed E-state index contributed by atoms with van der Waals surface area (Å²) in [6.45, 7) is 8.58. The highest BCUT2D eigenvalue weighted by Gasteiger charge is 2.25. The number of aliphatic hydroxyl groups excluding tert-OH is 1. The highest BCUT2D eigenvalue weighted by atomic mass is 19.1. The lowest BCUT2D eigenvalue weighted by Crippen LogP contribution is -2.48. The minimum atomic E-state index is -0.380. The summed E-state index contributed by atoms with van der Waals surface area (Å²) in [5.41, 5.74) is 0.525. The zero-order chi connectivity index (χ0) is 14.5. The number of rotatable bonds is 7. The molecule has 1 aromatic rings. The van der Waals surface area contributed by atoms with Crippen molar-refractivity contribution in [1.29, 1.82) is 0 Å². The molecule has 2 atom stereocenters. The van der Waals surface area contributed by atoms with E-state index in [-0.39, 0.29) is 24.1 Å². The first-order valence-electron chi connectivity index (χ1n) is 6.69. The molecule has 0 fully saturated rings. The third-order valence-corrected chi connectivity index (χ3v) is 3.17. The number of hydrogen-bond acceptors (Lipinski definition) is 3. The van der Waals surface area contributed by atoms with Gasteiger partial charge in [-0.2, -0.15) is 0 Å². The minimum absolute atomic E-state index is 0.0384. The van der Waals surface area contributed by atoms with Crippen molar-refractivity contribution in [3.05, 3.63) is 29.6 Å². The van der Waals surface area contributed by atoms with Crippen LogP contribution in [0.4, 0.5) is 4.39 Å². The van der Waals surface area contributed by atoms with E-state index in [0.717, 1.165) is 12.1 Å². The second-order valence-corrected chi connectivity index (χ2v) is 5.29. The molecule has 2 unspecified atom stereocenters. The van der Waals surface area contributed by atoms with Crippen molar-refractivity contribution in [2.75, 3.05) is 13.2 Å². The molecule has 1 aromatic carbocycles. The largest absolute Gasteiger partial charge is 0.490 e. The Morgan fingerprint density at radius 2 is 2.16 bits per heavy atom. The van der Waals surface area contributed by atoms with E-state index in [2.05, 4.69) is 5.32 Å². The summed E-state index contributed by atoms with van der Waals surface area (Å²) in [7, 11) is 0. The average Bonchev–Trinajstić information content (AvgIpc) is 2.34. The molecule has 4 heteroatoms. The maximum Gasteiger partial charge on any atom is 0.126 e. The standard InChI is InChI=1S/C15H24FNO2/c1-5-17-15(4,10-18)9-12(3)19-14-8-13(16)7-6-11(14)2/h6-8,12,17-18H,5,9-10H2,1-4H3. The Morgan fingerprint density at radius 1 is 1.47 bits per heavy atom. The van der Waals surface area contributed by atoms with Crippen LogP contribution < -0.4 is 10.1 Å². The van der Waals surface area contributed by atoms with Crippen molar-refractivity contribution in [2.24, 2.45) is 0 Å². The van der Waals surface area contributed by atoms with Crippen LogP contribution in [-0.2, 0) is 0 Å². The van der Waals surface area contributed by atoms with Gasteiger partial charge in [0.2, 0.25) is 0 Å². The summed E-state index contributed by atoms with van der Waals surface area (Å²) in [6.07, 6.45) is 0.532. The van der Waals surface area contributed by atoms with Crippen molar-refractivity contribution < 1.29 is 14.2 Å². The maximum absolute atomic E-state index is 13.2. The third kappa shape index (κ3) is 4.80. The second kappa shape index (κ2) is 6.87. The fourth-order valence-electron chi connectivity index (χ4n) is 2.21. The minimum Gasteiger partial charge on any atom is -0.490 e. The summed E-state index contributed by atoms with van der Waals surface area (Å²) in [5, 5.41) is 12.7. The van der Waals surface area contributed by atoms with Gasteiger partial charge in [-0.1, -0.05) is 13.0 Å². The number of hydrogen-bond donors (Lipinski definition) is 2. The lowest BCUT2D eigenvalue weighted by atomic mass is 9.95. The lowest BCUT2D eigenvalue weighted by molar-refractivity contribution is 0.110. The first-order valence-corrected chi connectivity index (χ1v) is 6.69. The number of nitrogens with one attached hydrogen (secondary N) is 1. The van der Waals surface area contributed by atoms with Crippen LogP contribution in [0.3, 0.4) is 0 Å². The van der Waals surface area contributed by atoms with Crippen molar-refractivity contribution >= 4 is 0 Å². The van der Waals surface area contributed by atoms with Gasteiger partial charge in [-0.3, -0.25) is 0 Å². The average molecular weight is 269 g/mol. The van der Waals surface area contributed by atoms with Crippen LogP contribution in [0.2, 0.25) is 0 Å². The molecule has 0 saturated carbocycles. The van der Waals surface area contributed by atoms with Gasteiger partial charge in [-0.15, -0.1) is 0 Å². The van der Waals surface area contributed by atoms with Crippen LogP contribution in [0.1, 0.15) is 32.8 Å². The molecule has 0 aliphatic rings. The molecule has 0 aliphatic heterocycles. The fraction of sp³-hybridized carbons (Fsp3) is 0.600. The smallest absolute Gasteiger partial charge is 0.126 e. The molecule has 3 nitrogen and oxygen atoms in total. The van der Waals surface area contributed by atoms with E-state index < -0.39 is 0 Å². The Bertz CT molecular complexity index is 411. The molecule has 108 valence electrons. The molecular formula is C15H24FNO2. The predicted octanol–water partition coefficient (Wildman–Crippen LogP) is 2.65. The Labute approximate surface area is 114 Å². The normalized spacial score (nSPS) is 15.9. The number of aryl methyl sites for hydroxylation is 1. The summed E-state index contributed by atoms with van der Waals surface area (Å²) >= 11 is 0. The monoisotopic (exact) mass is 269 g/mol. The van der Waals surface area contributed by atoms with Gasteiger partial charge >= 0.3 is 0 Å². The molecule has 19 heavy (non-hydrogen) atoms. The summed E-state index contributed by atoms with van der Waals surface area (Å²) in [4.78, 5) is 0. The summed E-state index contributed by atoms with van der Waals surface area (Å²) in [6, 6.07) is 4.52. The van der Waals surface area contributed by atoms with E-state index in [1.165, 1.54) is 12.1 Å². The molecule has 0 radical (unpaired) electrons. The van der Waals surface area contributed by atoms with Crippen molar-refractivity contribution in [3.8, 4) is 5.75 Å². The van der Waals surface area contributed by atoms with Gasteiger partial charge in [0.1, 0.15) is 11.6 Å². The third-order valence-electron chi connectivity index (χ3n) is 3.17. The SMILES string of the molecule is CCNC(C)(CO)CC(C)Oc1cc(F)ccc1C. The van der Waals surface area contributed by atoms with E-state index in [9.17, 15) is 9.50 Å². The lowest BCUT2D eigenvalue weighted by Gasteiger charge is -2.31. The molecule has 0 saturated heterocycles. The van der Waals surface area contributed by atoms with E-state index >= 15 is 0 Å². The van der Waals surface area contributed by atoms with Gasteiger partial charge in [-0.05, 0) is 38.9 Å². The Balaban J connectivity index is 2.68. The topological polar surface area (TPSA) is 41.5 Å². The van der Waals surface area contributed by atoms with Crippen LogP contribution in [0, 0.1) is 12.7 Å². The zero-order valence-corrected chi connectivity index (χ0v) is 12.2. The molecule has 0 heterocycles. The van der Waals surface area contributed by atoms with Crippen molar-refractivity contribution in [2.45, 2.75) is 45.8 Å². The first-order chi connectivity index (χ1) is 8.90. The summed E-state index contributed by atoms with van der Waals surface area (Å²) < 4.78 is 19.0. The van der Waals surface area contributed by atoms with Gasteiger partial charge < -0.3 is 15.2 Å². The number of likely N-dealkylation sites (N-methyl/N-ethyl adjacent to an activating group) is 1. The molecule has 0 bridgehead atoms. The molecule has 0 aliphatic carbocycles. The van der Waals surface area contributed by atoms with E-state index in [1.54, 1.807) is 6.07 Å². The predicted molar refractivity (Wildman–Crippen MR) is 75.0 cm³/mol. The van der Waals surface area contributed by atoms with Gasteiger partial charge in [0.15, 0.2) is 0 Å². The Hall–Kier alpha value is -1.13. The molecule has 0 spiro atoms. The van der Waals surface area contributed by atoms with Crippen LogP contribution in [0.5, 0.6) is 5.75 Å². The molecular weight excluding hydrogens is 245 g/mol. The van der Waals surface area contributed by atoms with Crippen LogP contribution in [-0.4, -0.2) is 29.9 Å². The Morgan fingerprint density at radius 3 is 2.74 bits per heavy atom. The van der Waals surface area contributed by atoms with Gasteiger partial charge in [0, 0.05) is 18.0 Å². The van der Waals surface area contributed by atoms with E-state index in [4.69, 9.17) is 4.74 Å². The first kappa shape index (κ1) is 15.9. The fourth-order valence-corrected chi connectivity index (χ4v) is 2.21. The number of halogens is 1. The molecule has 1 rings (SSSR count). The molecule has 0 amide bonds. The molecule has 2 N–H and O–H groups in total. The van der Waals surface area contributed by atoms with Crippen molar-refractivity contribution in [3.63, 3.8) is 0 Å². The van der Waals surface area contributed by atoms with E-state index in [1.807, 2.05) is 27.7 Å². The Kier molecular flexibility index (Phi) is 5.76. The maximum atomic E-state index is 13.2. The van der Waals surface area contributed by atoms with Gasteiger partial charge in [0.05, 0.1) is 12.7 Å². The number of benzene rings is 1.